The molecule has 0 aliphatic carbocycles. The summed E-state index contributed by atoms with van der Waals surface area (Å²) in [6.45, 7) is 5.02. The molecule has 1 amide bonds. The van der Waals surface area contributed by atoms with Gasteiger partial charge >= 0.3 is 0 Å². The summed E-state index contributed by atoms with van der Waals surface area (Å²) in [5.74, 6) is -0.177. The molecule has 0 aliphatic rings. The number of carbonyl (C=O) groups is 1. The number of aryl methyl sites for hydroxylation is 2. The van der Waals surface area contributed by atoms with Crippen molar-refractivity contribution in [1.82, 2.24) is 15.1 Å². The van der Waals surface area contributed by atoms with Gasteiger partial charge in [0.1, 0.15) is 0 Å². The number of nitrogens with one attached hydrogen (secondary N) is 1. The summed E-state index contributed by atoms with van der Waals surface area (Å²) in [6, 6.07) is 8.66. The van der Waals surface area contributed by atoms with Gasteiger partial charge in [0.25, 0.3) is 5.91 Å². The Bertz CT molecular complexity index is 730. The van der Waals surface area contributed by atoms with Gasteiger partial charge in [-0.25, -0.2) is 0 Å². The highest BCUT2D eigenvalue weighted by atomic mass is 35.5. The molecule has 1 heterocycles. The lowest BCUT2D eigenvalue weighted by atomic mass is 10.1. The minimum Gasteiger partial charge on any atom is -0.352 e. The molecule has 0 unspecified atom stereocenters. The molecule has 0 saturated heterocycles. The van der Waals surface area contributed by atoms with E-state index in [9.17, 15) is 4.79 Å². The number of amides is 1. The van der Waals surface area contributed by atoms with E-state index in [1.807, 2.05) is 24.6 Å². The second-order valence-electron chi connectivity index (χ2n) is 5.01. The number of hydrogen-bond acceptors (Lipinski definition) is 3. The third-order valence-electron chi connectivity index (χ3n) is 3.38. The average Bonchev–Trinajstić information content (AvgIpc) is 2.78. The van der Waals surface area contributed by atoms with E-state index < -0.39 is 0 Å². The molecule has 0 fully saturated rings. The molecular weight excluding hydrogens is 300 g/mol. The first-order chi connectivity index (χ1) is 10.5. The lowest BCUT2D eigenvalue weighted by Crippen LogP contribution is -2.25. The highest BCUT2D eigenvalue weighted by molar-refractivity contribution is 6.31. The summed E-state index contributed by atoms with van der Waals surface area (Å²) < 4.78 is 1.85. The number of hydrogen-bond donors (Lipinski definition) is 1. The van der Waals surface area contributed by atoms with Crippen LogP contribution in [0.4, 0.5) is 0 Å². The summed E-state index contributed by atoms with van der Waals surface area (Å²) in [5, 5.41) is 16.7. The Kier molecular flexibility index (Phi) is 5.18. The minimum atomic E-state index is -0.177. The van der Waals surface area contributed by atoms with Gasteiger partial charge in [0.2, 0.25) is 0 Å². The molecule has 6 heteroatoms. The predicted octanol–water partition coefficient (Wildman–Crippen LogP) is 2.85. The van der Waals surface area contributed by atoms with Crippen molar-refractivity contribution in [3.63, 3.8) is 0 Å². The molecule has 5 nitrogen and oxygen atoms in total. The van der Waals surface area contributed by atoms with Crippen LogP contribution in [-0.2, 0) is 6.54 Å². The SMILES string of the molecule is Cc1nn(CCCNC(=O)c2cccc(C#N)c2)c(C)c1Cl. The maximum absolute atomic E-state index is 12.0. The number of rotatable bonds is 5. The van der Waals surface area contributed by atoms with E-state index >= 15 is 0 Å². The lowest BCUT2D eigenvalue weighted by molar-refractivity contribution is 0.0952. The van der Waals surface area contributed by atoms with E-state index in [0.29, 0.717) is 29.2 Å². The first kappa shape index (κ1) is 16.1. The van der Waals surface area contributed by atoms with Gasteiger partial charge in [-0.1, -0.05) is 17.7 Å². The van der Waals surface area contributed by atoms with Gasteiger partial charge < -0.3 is 5.32 Å². The number of benzene rings is 1. The molecule has 0 saturated carbocycles. The van der Waals surface area contributed by atoms with Gasteiger partial charge in [-0.2, -0.15) is 10.4 Å². The van der Waals surface area contributed by atoms with Gasteiger partial charge in [-0.3, -0.25) is 9.48 Å². The molecule has 2 rings (SSSR count). The van der Waals surface area contributed by atoms with E-state index in [0.717, 1.165) is 17.8 Å². The molecule has 1 aromatic heterocycles. The van der Waals surface area contributed by atoms with Crippen molar-refractivity contribution in [2.75, 3.05) is 6.54 Å². The molecule has 2 aromatic rings. The van der Waals surface area contributed by atoms with E-state index in [4.69, 9.17) is 16.9 Å². The van der Waals surface area contributed by atoms with E-state index in [1.165, 1.54) is 0 Å². The fourth-order valence-electron chi connectivity index (χ4n) is 2.16. The maximum atomic E-state index is 12.0. The van der Waals surface area contributed by atoms with Crippen LogP contribution in [0.2, 0.25) is 5.02 Å². The first-order valence-corrected chi connectivity index (χ1v) is 7.38. The third kappa shape index (κ3) is 3.66. The normalized spacial score (nSPS) is 10.3. The van der Waals surface area contributed by atoms with E-state index in [1.54, 1.807) is 24.3 Å². The topological polar surface area (TPSA) is 70.7 Å². The Hall–Kier alpha value is -2.32. The van der Waals surface area contributed by atoms with Crippen LogP contribution >= 0.6 is 11.6 Å². The van der Waals surface area contributed by atoms with Crippen molar-refractivity contribution >= 4 is 17.5 Å². The fourth-order valence-corrected chi connectivity index (χ4v) is 2.29. The molecular formula is C16H17ClN4O. The van der Waals surface area contributed by atoms with Gasteiger partial charge in [0.05, 0.1) is 28.0 Å². The Morgan fingerprint density at radius 3 is 2.86 bits per heavy atom. The third-order valence-corrected chi connectivity index (χ3v) is 3.93. The Morgan fingerprint density at radius 2 is 2.23 bits per heavy atom. The van der Waals surface area contributed by atoms with Crippen LogP contribution in [0, 0.1) is 25.2 Å². The summed E-state index contributed by atoms with van der Waals surface area (Å²) >= 11 is 6.09. The van der Waals surface area contributed by atoms with Crippen molar-refractivity contribution in [3.05, 3.63) is 51.8 Å². The highest BCUT2D eigenvalue weighted by Gasteiger charge is 2.09. The zero-order valence-corrected chi connectivity index (χ0v) is 13.3. The van der Waals surface area contributed by atoms with E-state index in [-0.39, 0.29) is 5.91 Å². The number of halogens is 1. The summed E-state index contributed by atoms with van der Waals surface area (Å²) in [6.07, 6.45) is 0.752. The molecule has 0 radical (unpaired) electrons. The summed E-state index contributed by atoms with van der Waals surface area (Å²) in [4.78, 5) is 12.0. The minimum absolute atomic E-state index is 0.177. The molecule has 0 aliphatic heterocycles. The molecule has 0 bridgehead atoms. The number of nitrogens with zero attached hydrogens (tertiary/aromatic N) is 3. The Labute approximate surface area is 134 Å². The highest BCUT2D eigenvalue weighted by Crippen LogP contribution is 2.18. The molecule has 114 valence electrons. The van der Waals surface area contributed by atoms with Crippen molar-refractivity contribution in [2.45, 2.75) is 26.8 Å². The van der Waals surface area contributed by atoms with Crippen LogP contribution in [0.25, 0.3) is 0 Å². The van der Waals surface area contributed by atoms with Gasteiger partial charge in [0, 0.05) is 18.7 Å². The lowest BCUT2D eigenvalue weighted by Gasteiger charge is -2.07. The summed E-state index contributed by atoms with van der Waals surface area (Å²) in [5.41, 5.74) is 2.72. The second kappa shape index (κ2) is 7.10. The quantitative estimate of drug-likeness (QED) is 0.862. The molecule has 1 N–H and O–H groups in total. The molecule has 22 heavy (non-hydrogen) atoms. The van der Waals surface area contributed by atoms with Gasteiger partial charge in [-0.15, -0.1) is 0 Å². The predicted molar refractivity (Wildman–Crippen MR) is 84.8 cm³/mol. The maximum Gasteiger partial charge on any atom is 0.251 e. The Balaban J connectivity index is 1.84. The molecule has 0 spiro atoms. The molecule has 0 atom stereocenters. The number of aromatic nitrogens is 2. The van der Waals surface area contributed by atoms with Crippen LogP contribution in [-0.4, -0.2) is 22.2 Å². The van der Waals surface area contributed by atoms with Crippen LogP contribution in [0.5, 0.6) is 0 Å². The Morgan fingerprint density at radius 1 is 1.45 bits per heavy atom. The van der Waals surface area contributed by atoms with Gasteiger partial charge in [0.15, 0.2) is 0 Å². The van der Waals surface area contributed by atoms with Crippen molar-refractivity contribution in [1.29, 1.82) is 5.26 Å². The van der Waals surface area contributed by atoms with Crippen molar-refractivity contribution in [2.24, 2.45) is 0 Å². The number of nitriles is 1. The van der Waals surface area contributed by atoms with Crippen LogP contribution in [0.3, 0.4) is 0 Å². The smallest absolute Gasteiger partial charge is 0.251 e. The second-order valence-corrected chi connectivity index (χ2v) is 5.39. The average molecular weight is 317 g/mol. The monoisotopic (exact) mass is 316 g/mol. The number of carbonyl (C=O) groups excluding carboxylic acids is 1. The zero-order chi connectivity index (χ0) is 16.1. The first-order valence-electron chi connectivity index (χ1n) is 7.01. The molecule has 1 aromatic carbocycles. The standard InChI is InChI=1S/C16H17ClN4O/c1-11-15(17)12(2)21(20-11)8-4-7-19-16(22)14-6-3-5-13(9-14)10-18/h3,5-6,9H,4,7-8H2,1-2H3,(H,19,22). The fraction of sp³-hybridized carbons (Fsp3) is 0.312. The van der Waals surface area contributed by atoms with Crippen molar-refractivity contribution in [3.8, 4) is 6.07 Å². The van der Waals surface area contributed by atoms with Crippen LogP contribution in [0.1, 0.15) is 33.7 Å². The van der Waals surface area contributed by atoms with Gasteiger partial charge in [-0.05, 0) is 38.5 Å². The largest absolute Gasteiger partial charge is 0.352 e. The summed E-state index contributed by atoms with van der Waals surface area (Å²) in [7, 11) is 0. The zero-order valence-electron chi connectivity index (χ0n) is 12.6. The van der Waals surface area contributed by atoms with Crippen LogP contribution in [0.15, 0.2) is 24.3 Å². The van der Waals surface area contributed by atoms with Crippen LogP contribution < -0.4 is 5.32 Å². The van der Waals surface area contributed by atoms with Crippen molar-refractivity contribution < 1.29 is 4.79 Å². The van der Waals surface area contributed by atoms with E-state index in [2.05, 4.69) is 10.4 Å².